The van der Waals surface area contributed by atoms with Crippen LogP contribution in [0.3, 0.4) is 0 Å². The number of nitrogens with zero attached hydrogens (tertiary/aromatic N) is 3. The van der Waals surface area contributed by atoms with Crippen molar-refractivity contribution in [3.63, 3.8) is 0 Å². The number of likely N-dealkylation sites (N-methyl/N-ethyl adjacent to an activating group) is 1. The summed E-state index contributed by atoms with van der Waals surface area (Å²) in [6.45, 7) is 3.88. The molecule has 1 heterocycles. The van der Waals surface area contributed by atoms with Gasteiger partial charge in [0.25, 0.3) is 0 Å². The lowest BCUT2D eigenvalue weighted by atomic mass is 10.0. The van der Waals surface area contributed by atoms with E-state index in [1.807, 2.05) is 78.9 Å². The van der Waals surface area contributed by atoms with Gasteiger partial charge in [0, 0.05) is 51.4 Å². The van der Waals surface area contributed by atoms with Gasteiger partial charge in [0.2, 0.25) is 11.8 Å². The van der Waals surface area contributed by atoms with Crippen molar-refractivity contribution in [2.45, 2.75) is 31.8 Å². The number of methoxy groups -OCH3 is 1. The van der Waals surface area contributed by atoms with E-state index in [9.17, 15) is 22.8 Å². The summed E-state index contributed by atoms with van der Waals surface area (Å²) in [5, 5.41) is 0. The highest BCUT2D eigenvalue weighted by atomic mass is 19.4. The first-order valence-electron chi connectivity index (χ1n) is 17.2. The average Bonchev–Trinajstić information content (AvgIpc) is 3.17. The molecule has 52 heavy (non-hydrogen) atoms. The van der Waals surface area contributed by atoms with Gasteiger partial charge in [-0.05, 0) is 64.7 Å². The molecule has 0 unspecified atom stereocenters. The summed E-state index contributed by atoms with van der Waals surface area (Å²) in [5.41, 5.74) is 3.32. The molecule has 4 aromatic carbocycles. The van der Waals surface area contributed by atoms with Crippen molar-refractivity contribution in [1.29, 1.82) is 0 Å². The fourth-order valence-electron chi connectivity index (χ4n) is 5.91. The Morgan fingerprint density at radius 3 is 2.25 bits per heavy atom. The molecule has 1 aliphatic rings. The van der Waals surface area contributed by atoms with Crippen LogP contribution in [-0.2, 0) is 44.8 Å². The molecule has 0 aromatic heterocycles. The monoisotopic (exact) mass is 715 g/mol. The molecule has 11 heteroatoms. The average molecular weight is 716 g/mol. The van der Waals surface area contributed by atoms with E-state index in [0.717, 1.165) is 53.3 Å². The minimum atomic E-state index is -4.47. The third-order valence-corrected chi connectivity index (χ3v) is 8.89. The second kappa shape index (κ2) is 18.4. The van der Waals surface area contributed by atoms with Crippen molar-refractivity contribution in [1.82, 2.24) is 9.80 Å². The molecule has 0 radical (unpaired) electrons. The first kappa shape index (κ1) is 38.1. The normalized spacial score (nSPS) is 13.9. The molecule has 1 fully saturated rings. The van der Waals surface area contributed by atoms with Gasteiger partial charge in [0.1, 0.15) is 11.8 Å². The number of rotatable bonds is 15. The third kappa shape index (κ3) is 10.9. The van der Waals surface area contributed by atoms with Crippen molar-refractivity contribution in [3.05, 3.63) is 137 Å². The molecule has 1 atom stereocenters. The van der Waals surface area contributed by atoms with E-state index in [2.05, 4.69) is 4.90 Å². The zero-order valence-electron chi connectivity index (χ0n) is 29.4. The van der Waals surface area contributed by atoms with E-state index in [1.54, 1.807) is 19.1 Å². The van der Waals surface area contributed by atoms with Gasteiger partial charge in [-0.15, -0.1) is 0 Å². The molecule has 0 spiro atoms. The van der Waals surface area contributed by atoms with Crippen molar-refractivity contribution in [2.24, 2.45) is 0 Å². The van der Waals surface area contributed by atoms with Gasteiger partial charge in [-0.3, -0.25) is 9.59 Å². The number of ether oxygens (including phenoxy) is 3. The second-order valence-electron chi connectivity index (χ2n) is 12.6. The first-order chi connectivity index (χ1) is 25.1. The minimum absolute atomic E-state index is 0.128. The number of hydrogen-bond donors (Lipinski definition) is 0. The molecule has 5 rings (SSSR count). The Bertz CT molecular complexity index is 1760. The van der Waals surface area contributed by atoms with Gasteiger partial charge in [-0.2, -0.15) is 13.2 Å². The van der Waals surface area contributed by atoms with Crippen LogP contribution in [-0.4, -0.2) is 81.3 Å². The summed E-state index contributed by atoms with van der Waals surface area (Å²) >= 11 is 0. The maximum atomic E-state index is 14.3. The number of morpholine rings is 1. The van der Waals surface area contributed by atoms with Crippen LogP contribution in [0.4, 0.5) is 18.9 Å². The quantitative estimate of drug-likeness (QED) is 0.0988. The summed E-state index contributed by atoms with van der Waals surface area (Å²) in [5.74, 6) is 0.00850. The van der Waals surface area contributed by atoms with Crippen molar-refractivity contribution < 1.29 is 37.0 Å². The summed E-state index contributed by atoms with van der Waals surface area (Å²) in [7, 11) is 3.29. The maximum absolute atomic E-state index is 14.3. The Morgan fingerprint density at radius 2 is 1.58 bits per heavy atom. The number of alkyl halides is 3. The third-order valence-electron chi connectivity index (χ3n) is 8.89. The van der Waals surface area contributed by atoms with Gasteiger partial charge in [-0.25, -0.2) is 0 Å². The number of amides is 2. The lowest BCUT2D eigenvalue weighted by Gasteiger charge is -2.33. The molecule has 0 N–H and O–H groups in total. The molecular weight excluding hydrogens is 671 g/mol. The SMILES string of the molecule is COc1cccc(COCCN(C)C(=O)[C@H](Cc2ccccc2)N(Cc2ccc(N3CCOCC3)cc2)C(=O)C=Cc2ccc(C(F)(F)F)cc2)c1. The standard InChI is InChI=1S/C41H44F3N3O5/c1-45(21-24-52-30-34-9-6-10-37(27-34)50-2)40(49)38(28-32-7-4-3-5-8-32)47(29-33-13-18-36(19-14-33)46-22-25-51-26-23-46)39(48)20-15-31-11-16-35(17-12-31)41(42,43)44/h3-20,27,38H,21-26,28-30H2,1-2H3/t38-/m0/s1. The van der Waals surface area contributed by atoms with E-state index >= 15 is 0 Å². The van der Waals surface area contributed by atoms with Crippen molar-refractivity contribution >= 4 is 23.6 Å². The lowest BCUT2D eigenvalue weighted by molar-refractivity contribution is -0.143. The fourth-order valence-corrected chi connectivity index (χ4v) is 5.91. The number of halogens is 3. The summed E-state index contributed by atoms with van der Waals surface area (Å²) in [6, 6.07) is 28.6. The first-order valence-corrected chi connectivity index (χ1v) is 17.2. The zero-order valence-corrected chi connectivity index (χ0v) is 29.4. The predicted molar refractivity (Wildman–Crippen MR) is 195 cm³/mol. The van der Waals surface area contributed by atoms with Gasteiger partial charge < -0.3 is 28.9 Å². The van der Waals surface area contributed by atoms with Crippen LogP contribution in [0.15, 0.2) is 109 Å². The highest BCUT2D eigenvalue weighted by Crippen LogP contribution is 2.29. The minimum Gasteiger partial charge on any atom is -0.497 e. The number of benzene rings is 4. The molecule has 2 amide bonds. The van der Waals surface area contributed by atoms with Crippen LogP contribution in [0.5, 0.6) is 5.75 Å². The van der Waals surface area contributed by atoms with Crippen LogP contribution < -0.4 is 9.64 Å². The summed E-state index contributed by atoms with van der Waals surface area (Å²) in [6.07, 6.45) is -1.44. The molecular formula is C41H44F3N3O5. The lowest BCUT2D eigenvalue weighted by Crippen LogP contribution is -2.51. The Balaban J connectivity index is 1.38. The number of anilines is 1. The van der Waals surface area contributed by atoms with Crippen LogP contribution in [0.2, 0.25) is 0 Å². The van der Waals surface area contributed by atoms with Gasteiger partial charge in [0.15, 0.2) is 0 Å². The number of hydrogen-bond acceptors (Lipinski definition) is 6. The summed E-state index contributed by atoms with van der Waals surface area (Å²) < 4.78 is 56.1. The highest BCUT2D eigenvalue weighted by molar-refractivity contribution is 5.95. The number of carbonyl (C=O) groups is 2. The van der Waals surface area contributed by atoms with Crippen LogP contribution in [0.25, 0.3) is 6.08 Å². The van der Waals surface area contributed by atoms with E-state index in [-0.39, 0.29) is 32.0 Å². The molecule has 4 aromatic rings. The largest absolute Gasteiger partial charge is 0.497 e. The van der Waals surface area contributed by atoms with Gasteiger partial charge in [0.05, 0.1) is 39.1 Å². The molecule has 274 valence electrons. The van der Waals surface area contributed by atoms with E-state index < -0.39 is 23.7 Å². The van der Waals surface area contributed by atoms with E-state index in [0.29, 0.717) is 25.4 Å². The molecule has 0 aliphatic carbocycles. The highest BCUT2D eigenvalue weighted by Gasteiger charge is 2.32. The fraction of sp³-hybridized carbons (Fsp3) is 0.317. The Kier molecular flexibility index (Phi) is 13.5. The molecule has 0 bridgehead atoms. The van der Waals surface area contributed by atoms with Crippen LogP contribution in [0, 0.1) is 0 Å². The van der Waals surface area contributed by atoms with E-state index in [4.69, 9.17) is 14.2 Å². The topological polar surface area (TPSA) is 71.6 Å². The van der Waals surface area contributed by atoms with Gasteiger partial charge in [-0.1, -0.05) is 66.7 Å². The van der Waals surface area contributed by atoms with Crippen LogP contribution >= 0.6 is 0 Å². The smallest absolute Gasteiger partial charge is 0.416 e. The molecule has 1 saturated heterocycles. The Labute approximate surface area is 303 Å². The van der Waals surface area contributed by atoms with Crippen molar-refractivity contribution in [2.75, 3.05) is 58.5 Å². The van der Waals surface area contributed by atoms with E-state index in [1.165, 1.54) is 29.2 Å². The number of carbonyl (C=O) groups excluding carboxylic acids is 2. The second-order valence-corrected chi connectivity index (χ2v) is 12.6. The maximum Gasteiger partial charge on any atom is 0.416 e. The predicted octanol–water partition coefficient (Wildman–Crippen LogP) is 6.88. The molecule has 8 nitrogen and oxygen atoms in total. The Morgan fingerprint density at radius 1 is 0.885 bits per heavy atom. The van der Waals surface area contributed by atoms with Crippen molar-refractivity contribution in [3.8, 4) is 5.75 Å². The molecule has 1 aliphatic heterocycles. The molecule has 0 saturated carbocycles. The van der Waals surface area contributed by atoms with Crippen LogP contribution in [0.1, 0.15) is 27.8 Å². The summed E-state index contributed by atoms with van der Waals surface area (Å²) in [4.78, 5) is 33.8. The van der Waals surface area contributed by atoms with Gasteiger partial charge >= 0.3 is 6.18 Å². The Hall–Kier alpha value is -5.13. The zero-order chi connectivity index (χ0) is 36.9.